The molecule has 1 aliphatic rings. The average Bonchev–Trinajstić information content (AvgIpc) is 3.23. The maximum atomic E-state index is 12.4. The summed E-state index contributed by atoms with van der Waals surface area (Å²) in [5.74, 6) is 1.72. The van der Waals surface area contributed by atoms with Gasteiger partial charge in [-0.3, -0.25) is 14.8 Å². The van der Waals surface area contributed by atoms with E-state index in [1.165, 1.54) is 12.8 Å². The molecule has 1 saturated carbocycles. The number of carbonyl (C=O) groups is 1. The predicted molar refractivity (Wildman–Crippen MR) is 96.4 cm³/mol. The summed E-state index contributed by atoms with van der Waals surface area (Å²) in [6.07, 6.45) is 3.23. The Morgan fingerprint density at radius 1 is 1.32 bits per heavy atom. The van der Waals surface area contributed by atoms with Crippen molar-refractivity contribution < 1.29 is 9.21 Å². The second-order valence-corrected chi connectivity index (χ2v) is 6.65. The number of hydrogen-bond donors (Lipinski definition) is 2. The molecule has 3 rings (SSSR count). The number of aromatic amines is 1. The summed E-state index contributed by atoms with van der Waals surface area (Å²) in [5, 5.41) is 10.2. The van der Waals surface area contributed by atoms with E-state index in [2.05, 4.69) is 41.2 Å². The Hall–Kier alpha value is -2.08. The third-order valence-electron chi connectivity index (χ3n) is 4.82. The summed E-state index contributed by atoms with van der Waals surface area (Å²) >= 11 is 0. The van der Waals surface area contributed by atoms with E-state index in [0.29, 0.717) is 18.2 Å². The number of amides is 1. The quantitative estimate of drug-likeness (QED) is 0.732. The second kappa shape index (κ2) is 7.87. The van der Waals surface area contributed by atoms with Gasteiger partial charge in [0.1, 0.15) is 5.76 Å². The van der Waals surface area contributed by atoms with Crippen molar-refractivity contribution in [2.45, 2.75) is 59.0 Å². The van der Waals surface area contributed by atoms with Crippen LogP contribution in [-0.2, 0) is 19.5 Å². The maximum Gasteiger partial charge on any atom is 0.287 e. The SMILES string of the molecule is CCc1oc(C(=O)NCc2cc(C3CC3)n[nH]2)cc1CN(CC)CC. The predicted octanol–water partition coefficient (Wildman–Crippen LogP) is 3.21. The number of rotatable bonds is 9. The van der Waals surface area contributed by atoms with E-state index in [9.17, 15) is 4.79 Å². The molecule has 6 heteroatoms. The summed E-state index contributed by atoms with van der Waals surface area (Å²) in [5.41, 5.74) is 3.15. The normalized spacial score (nSPS) is 14.2. The van der Waals surface area contributed by atoms with Gasteiger partial charge in [0.15, 0.2) is 5.76 Å². The first-order valence-electron chi connectivity index (χ1n) is 9.30. The zero-order valence-electron chi connectivity index (χ0n) is 15.4. The van der Waals surface area contributed by atoms with E-state index in [0.717, 1.165) is 48.8 Å². The van der Waals surface area contributed by atoms with Crippen LogP contribution in [0.2, 0.25) is 0 Å². The zero-order chi connectivity index (χ0) is 17.8. The lowest BCUT2D eigenvalue weighted by molar-refractivity contribution is 0.0921. The van der Waals surface area contributed by atoms with Gasteiger partial charge in [0.05, 0.1) is 17.9 Å². The fourth-order valence-electron chi connectivity index (χ4n) is 3.02. The average molecular weight is 344 g/mol. The molecule has 0 bridgehead atoms. The minimum atomic E-state index is -0.178. The first-order valence-corrected chi connectivity index (χ1v) is 9.30. The third kappa shape index (κ3) is 4.31. The van der Waals surface area contributed by atoms with Gasteiger partial charge >= 0.3 is 0 Å². The van der Waals surface area contributed by atoms with Crippen molar-refractivity contribution in [3.8, 4) is 0 Å². The molecule has 0 aliphatic heterocycles. The molecule has 136 valence electrons. The fourth-order valence-corrected chi connectivity index (χ4v) is 3.02. The molecule has 2 aromatic heterocycles. The van der Waals surface area contributed by atoms with Crippen molar-refractivity contribution in [3.05, 3.63) is 40.6 Å². The molecule has 0 unspecified atom stereocenters. The van der Waals surface area contributed by atoms with Gasteiger partial charge in [0.25, 0.3) is 5.91 Å². The molecule has 6 nitrogen and oxygen atoms in total. The highest BCUT2D eigenvalue weighted by Gasteiger charge is 2.26. The highest BCUT2D eigenvalue weighted by atomic mass is 16.4. The van der Waals surface area contributed by atoms with E-state index >= 15 is 0 Å². The summed E-state index contributed by atoms with van der Waals surface area (Å²) in [6.45, 7) is 9.55. The van der Waals surface area contributed by atoms with Crippen LogP contribution in [0, 0.1) is 0 Å². The molecule has 2 heterocycles. The number of nitrogens with one attached hydrogen (secondary N) is 2. The van der Waals surface area contributed by atoms with Crippen molar-refractivity contribution in [2.75, 3.05) is 13.1 Å². The Bertz CT molecular complexity index is 711. The van der Waals surface area contributed by atoms with E-state index in [-0.39, 0.29) is 5.91 Å². The van der Waals surface area contributed by atoms with Gasteiger partial charge in [0, 0.05) is 24.4 Å². The van der Waals surface area contributed by atoms with Crippen LogP contribution in [-0.4, -0.2) is 34.1 Å². The molecule has 25 heavy (non-hydrogen) atoms. The first kappa shape index (κ1) is 17.7. The van der Waals surface area contributed by atoms with Crippen LogP contribution in [0.1, 0.15) is 72.8 Å². The van der Waals surface area contributed by atoms with Crippen LogP contribution < -0.4 is 5.32 Å². The van der Waals surface area contributed by atoms with Gasteiger partial charge in [-0.2, -0.15) is 5.10 Å². The lowest BCUT2D eigenvalue weighted by Gasteiger charge is -2.17. The van der Waals surface area contributed by atoms with Crippen LogP contribution in [0.4, 0.5) is 0 Å². The van der Waals surface area contributed by atoms with E-state index in [4.69, 9.17) is 4.42 Å². The lowest BCUT2D eigenvalue weighted by Crippen LogP contribution is -2.23. The van der Waals surface area contributed by atoms with Crippen LogP contribution in [0.5, 0.6) is 0 Å². The molecule has 0 spiro atoms. The number of hydrogen-bond acceptors (Lipinski definition) is 4. The Labute approximate surface area is 149 Å². The molecule has 0 aromatic carbocycles. The molecule has 1 fully saturated rings. The van der Waals surface area contributed by atoms with Crippen molar-refractivity contribution in [2.24, 2.45) is 0 Å². The third-order valence-corrected chi connectivity index (χ3v) is 4.82. The molecule has 0 saturated heterocycles. The zero-order valence-corrected chi connectivity index (χ0v) is 15.4. The maximum absolute atomic E-state index is 12.4. The van der Waals surface area contributed by atoms with Crippen molar-refractivity contribution >= 4 is 5.91 Å². The lowest BCUT2D eigenvalue weighted by atomic mass is 10.2. The smallest absolute Gasteiger partial charge is 0.287 e. The number of aryl methyl sites for hydroxylation is 1. The number of H-pyrrole nitrogens is 1. The van der Waals surface area contributed by atoms with Crippen LogP contribution in [0.3, 0.4) is 0 Å². The van der Waals surface area contributed by atoms with Gasteiger partial charge in [-0.05, 0) is 38.1 Å². The molecular weight excluding hydrogens is 316 g/mol. The first-order chi connectivity index (χ1) is 12.1. The molecule has 2 N–H and O–H groups in total. The molecule has 1 aliphatic carbocycles. The largest absolute Gasteiger partial charge is 0.456 e. The number of aromatic nitrogens is 2. The minimum absolute atomic E-state index is 0.178. The number of carbonyl (C=O) groups excluding carboxylic acids is 1. The van der Waals surface area contributed by atoms with Crippen LogP contribution in [0.15, 0.2) is 16.5 Å². The summed E-state index contributed by atoms with van der Waals surface area (Å²) in [6, 6.07) is 3.93. The van der Waals surface area contributed by atoms with E-state index < -0.39 is 0 Å². The number of nitrogens with zero attached hydrogens (tertiary/aromatic N) is 2. The summed E-state index contributed by atoms with van der Waals surface area (Å²) in [4.78, 5) is 14.7. The molecule has 0 radical (unpaired) electrons. The summed E-state index contributed by atoms with van der Waals surface area (Å²) in [7, 11) is 0. The topological polar surface area (TPSA) is 74.2 Å². The molecule has 0 atom stereocenters. The van der Waals surface area contributed by atoms with Gasteiger partial charge in [-0.15, -0.1) is 0 Å². The van der Waals surface area contributed by atoms with Gasteiger partial charge in [-0.1, -0.05) is 20.8 Å². The highest BCUT2D eigenvalue weighted by molar-refractivity contribution is 5.91. The fraction of sp³-hybridized carbons (Fsp3) is 0.579. The highest BCUT2D eigenvalue weighted by Crippen LogP contribution is 2.38. The summed E-state index contributed by atoms with van der Waals surface area (Å²) < 4.78 is 5.79. The van der Waals surface area contributed by atoms with Crippen molar-refractivity contribution in [1.29, 1.82) is 0 Å². The van der Waals surface area contributed by atoms with Crippen LogP contribution >= 0.6 is 0 Å². The monoisotopic (exact) mass is 344 g/mol. The van der Waals surface area contributed by atoms with Gasteiger partial charge < -0.3 is 9.73 Å². The Kier molecular flexibility index (Phi) is 5.58. The van der Waals surface area contributed by atoms with E-state index in [1.807, 2.05) is 12.1 Å². The second-order valence-electron chi connectivity index (χ2n) is 6.65. The minimum Gasteiger partial charge on any atom is -0.456 e. The Morgan fingerprint density at radius 2 is 2.08 bits per heavy atom. The van der Waals surface area contributed by atoms with Crippen molar-refractivity contribution in [1.82, 2.24) is 20.4 Å². The molecular formula is C19H28N4O2. The van der Waals surface area contributed by atoms with Gasteiger partial charge in [-0.25, -0.2) is 0 Å². The standard InChI is InChI=1S/C19H28N4O2/c1-4-17-14(12-23(5-2)6-3)9-18(25-17)19(24)20-11-15-10-16(22-21-15)13-7-8-13/h9-10,13H,4-8,11-12H2,1-3H3,(H,20,24)(H,21,22). The van der Waals surface area contributed by atoms with Crippen molar-refractivity contribution in [3.63, 3.8) is 0 Å². The van der Waals surface area contributed by atoms with Crippen LogP contribution in [0.25, 0.3) is 0 Å². The Morgan fingerprint density at radius 3 is 2.72 bits per heavy atom. The molecule has 1 amide bonds. The molecule has 2 aromatic rings. The number of furan rings is 1. The van der Waals surface area contributed by atoms with E-state index in [1.54, 1.807) is 0 Å². The van der Waals surface area contributed by atoms with Gasteiger partial charge in [0.2, 0.25) is 0 Å². The Balaban J connectivity index is 1.61.